The summed E-state index contributed by atoms with van der Waals surface area (Å²) in [6.45, 7) is 1.12. The Morgan fingerprint density at radius 1 is 1.44 bits per heavy atom. The van der Waals surface area contributed by atoms with Gasteiger partial charge in [-0.05, 0) is 18.6 Å². The second-order valence-corrected chi connectivity index (χ2v) is 4.44. The van der Waals surface area contributed by atoms with E-state index >= 15 is 0 Å². The van der Waals surface area contributed by atoms with E-state index in [1.54, 1.807) is 18.2 Å². The first-order valence-corrected chi connectivity index (χ1v) is 5.76. The van der Waals surface area contributed by atoms with Crippen LogP contribution in [0, 0.1) is 5.92 Å². The second-order valence-electron chi connectivity index (χ2n) is 3.65. The fraction of sp³-hybridized carbons (Fsp3) is 0.364. The number of anilines is 1. The Bertz CT molecular complexity index is 403. The molecule has 0 bridgehead atoms. The van der Waals surface area contributed by atoms with E-state index in [4.69, 9.17) is 27.9 Å². The molecule has 3 nitrogen and oxygen atoms in total. The minimum atomic E-state index is -0.0879. The Morgan fingerprint density at radius 3 is 2.94 bits per heavy atom. The predicted octanol–water partition coefficient (Wildman–Crippen LogP) is 2.97. The number of benzene rings is 1. The van der Waals surface area contributed by atoms with Gasteiger partial charge in [-0.1, -0.05) is 29.3 Å². The molecule has 1 aromatic carbocycles. The van der Waals surface area contributed by atoms with Crippen molar-refractivity contribution in [1.82, 2.24) is 0 Å². The highest BCUT2D eigenvalue weighted by Gasteiger charge is 2.24. The van der Waals surface area contributed by atoms with Crippen LogP contribution in [0.15, 0.2) is 18.2 Å². The summed E-state index contributed by atoms with van der Waals surface area (Å²) in [5.41, 5.74) is 0.547. The van der Waals surface area contributed by atoms with Crippen LogP contribution in [0.1, 0.15) is 6.42 Å². The highest BCUT2D eigenvalue weighted by atomic mass is 35.5. The number of hydrogen-bond acceptors (Lipinski definition) is 2. The third-order valence-corrected chi connectivity index (χ3v) is 3.33. The van der Waals surface area contributed by atoms with Crippen LogP contribution in [0.4, 0.5) is 5.69 Å². The van der Waals surface area contributed by atoms with Gasteiger partial charge in [0, 0.05) is 6.61 Å². The largest absolute Gasteiger partial charge is 0.381 e. The van der Waals surface area contributed by atoms with Gasteiger partial charge in [0.2, 0.25) is 5.91 Å². The SMILES string of the molecule is O=C(Nc1cccc(Cl)c1Cl)C1CCOC1. The average Bonchev–Trinajstić information content (AvgIpc) is 2.78. The molecule has 0 saturated carbocycles. The molecule has 86 valence electrons. The van der Waals surface area contributed by atoms with Crippen LogP contribution in [0.25, 0.3) is 0 Å². The van der Waals surface area contributed by atoms with Crippen LogP contribution in [-0.2, 0) is 9.53 Å². The summed E-state index contributed by atoms with van der Waals surface area (Å²) in [4.78, 5) is 11.8. The van der Waals surface area contributed by atoms with Crippen molar-refractivity contribution >= 4 is 34.8 Å². The summed E-state index contributed by atoms with van der Waals surface area (Å²) in [7, 11) is 0. The number of halogens is 2. The van der Waals surface area contributed by atoms with E-state index in [9.17, 15) is 4.79 Å². The molecule has 1 heterocycles. The van der Waals surface area contributed by atoms with E-state index in [1.807, 2.05) is 0 Å². The molecule has 1 unspecified atom stereocenters. The number of rotatable bonds is 2. The maximum absolute atomic E-state index is 11.8. The molecule has 1 aliphatic heterocycles. The number of carbonyl (C=O) groups excluding carboxylic acids is 1. The third kappa shape index (κ3) is 2.48. The van der Waals surface area contributed by atoms with Gasteiger partial charge in [0.05, 0.1) is 28.3 Å². The fourth-order valence-corrected chi connectivity index (χ4v) is 1.92. The number of hydrogen-bond donors (Lipinski definition) is 1. The first-order valence-electron chi connectivity index (χ1n) is 5.01. The Morgan fingerprint density at radius 2 is 2.25 bits per heavy atom. The van der Waals surface area contributed by atoms with Crippen LogP contribution < -0.4 is 5.32 Å². The Labute approximate surface area is 104 Å². The van der Waals surface area contributed by atoms with E-state index in [0.717, 1.165) is 6.42 Å². The molecule has 1 fully saturated rings. The predicted molar refractivity (Wildman–Crippen MR) is 64.0 cm³/mol. The van der Waals surface area contributed by atoms with Gasteiger partial charge < -0.3 is 10.1 Å². The average molecular weight is 260 g/mol. The lowest BCUT2D eigenvalue weighted by molar-refractivity contribution is -0.119. The zero-order chi connectivity index (χ0) is 11.5. The molecule has 0 aromatic heterocycles. The van der Waals surface area contributed by atoms with Crippen molar-refractivity contribution in [3.8, 4) is 0 Å². The third-order valence-electron chi connectivity index (χ3n) is 2.51. The van der Waals surface area contributed by atoms with Crippen molar-refractivity contribution in [1.29, 1.82) is 0 Å². The lowest BCUT2D eigenvalue weighted by atomic mass is 10.1. The molecule has 0 spiro atoms. The summed E-state index contributed by atoms with van der Waals surface area (Å²) >= 11 is 11.8. The van der Waals surface area contributed by atoms with Gasteiger partial charge in [0.1, 0.15) is 0 Å². The quantitative estimate of drug-likeness (QED) is 0.887. The van der Waals surface area contributed by atoms with Gasteiger partial charge in [0.25, 0.3) is 0 Å². The van der Waals surface area contributed by atoms with E-state index in [-0.39, 0.29) is 11.8 Å². The standard InChI is InChI=1S/C11H11Cl2NO2/c12-8-2-1-3-9(10(8)13)14-11(15)7-4-5-16-6-7/h1-3,7H,4-6H2,(H,14,15). The van der Waals surface area contributed by atoms with E-state index in [2.05, 4.69) is 5.32 Å². The van der Waals surface area contributed by atoms with Crippen molar-refractivity contribution < 1.29 is 9.53 Å². The molecule has 16 heavy (non-hydrogen) atoms. The monoisotopic (exact) mass is 259 g/mol. The summed E-state index contributed by atoms with van der Waals surface area (Å²) in [6.07, 6.45) is 0.754. The van der Waals surface area contributed by atoms with E-state index in [1.165, 1.54) is 0 Å². The molecule has 5 heteroatoms. The molecular weight excluding hydrogens is 249 g/mol. The molecule has 0 aliphatic carbocycles. The highest BCUT2D eigenvalue weighted by molar-refractivity contribution is 6.43. The molecule has 1 N–H and O–H groups in total. The van der Waals surface area contributed by atoms with Crippen molar-refractivity contribution in [3.63, 3.8) is 0 Å². The molecular formula is C11H11Cl2NO2. The number of carbonyl (C=O) groups is 1. The zero-order valence-corrected chi connectivity index (χ0v) is 10.0. The Balaban J connectivity index is 2.08. The smallest absolute Gasteiger partial charge is 0.229 e. The lowest BCUT2D eigenvalue weighted by Crippen LogP contribution is -2.22. The normalized spacial score (nSPS) is 19.8. The zero-order valence-electron chi connectivity index (χ0n) is 8.50. The van der Waals surface area contributed by atoms with Crippen LogP contribution in [0.2, 0.25) is 10.0 Å². The molecule has 1 aliphatic rings. The first-order chi connectivity index (χ1) is 7.68. The molecule has 1 saturated heterocycles. The maximum atomic E-state index is 11.8. The van der Waals surface area contributed by atoms with Crippen molar-refractivity contribution in [3.05, 3.63) is 28.2 Å². The van der Waals surface area contributed by atoms with Crippen LogP contribution in [-0.4, -0.2) is 19.1 Å². The summed E-state index contributed by atoms with van der Waals surface area (Å²) in [6, 6.07) is 5.15. The van der Waals surface area contributed by atoms with Crippen LogP contribution in [0.5, 0.6) is 0 Å². The fourth-order valence-electron chi connectivity index (χ4n) is 1.58. The van der Waals surface area contributed by atoms with Crippen LogP contribution in [0.3, 0.4) is 0 Å². The lowest BCUT2D eigenvalue weighted by Gasteiger charge is -2.11. The van der Waals surface area contributed by atoms with E-state index < -0.39 is 0 Å². The van der Waals surface area contributed by atoms with Gasteiger partial charge in [-0.15, -0.1) is 0 Å². The van der Waals surface area contributed by atoms with Gasteiger partial charge in [-0.3, -0.25) is 4.79 Å². The van der Waals surface area contributed by atoms with Crippen molar-refractivity contribution in [2.24, 2.45) is 5.92 Å². The van der Waals surface area contributed by atoms with Crippen molar-refractivity contribution in [2.45, 2.75) is 6.42 Å². The molecule has 1 atom stereocenters. The van der Waals surface area contributed by atoms with E-state index in [0.29, 0.717) is 28.9 Å². The molecule has 1 aromatic rings. The highest BCUT2D eigenvalue weighted by Crippen LogP contribution is 2.30. The first kappa shape index (κ1) is 11.7. The molecule has 2 rings (SSSR count). The minimum absolute atomic E-state index is 0.0679. The van der Waals surface area contributed by atoms with Gasteiger partial charge in [-0.2, -0.15) is 0 Å². The van der Waals surface area contributed by atoms with Crippen molar-refractivity contribution in [2.75, 3.05) is 18.5 Å². The summed E-state index contributed by atoms with van der Waals surface area (Å²) < 4.78 is 5.15. The topological polar surface area (TPSA) is 38.3 Å². The van der Waals surface area contributed by atoms with Gasteiger partial charge in [0.15, 0.2) is 0 Å². The minimum Gasteiger partial charge on any atom is -0.381 e. The van der Waals surface area contributed by atoms with Crippen LogP contribution >= 0.6 is 23.2 Å². The second kappa shape index (κ2) is 5.04. The Hall–Kier alpha value is -0.770. The van der Waals surface area contributed by atoms with Gasteiger partial charge in [-0.25, -0.2) is 0 Å². The summed E-state index contributed by atoms with van der Waals surface area (Å²) in [5, 5.41) is 3.56. The number of ether oxygens (including phenoxy) is 1. The number of amides is 1. The maximum Gasteiger partial charge on any atom is 0.229 e. The summed E-state index contributed by atoms with van der Waals surface area (Å²) in [5.74, 6) is -0.156. The molecule has 1 amide bonds. The molecule has 0 radical (unpaired) electrons. The number of nitrogens with one attached hydrogen (secondary N) is 1. The Kier molecular flexibility index (Phi) is 3.69. The van der Waals surface area contributed by atoms with Gasteiger partial charge >= 0.3 is 0 Å².